The first-order chi connectivity index (χ1) is 12.2. The van der Waals surface area contributed by atoms with E-state index in [0.717, 1.165) is 51.4 Å². The summed E-state index contributed by atoms with van der Waals surface area (Å²) < 4.78 is 11.6. The molecular formula is C21H38O4. The van der Waals surface area contributed by atoms with Crippen molar-refractivity contribution in [3.63, 3.8) is 0 Å². The smallest absolute Gasteiger partial charge is 0.303 e. The maximum atomic E-state index is 10.7. The Balaban J connectivity index is 3.87. The number of hydrogen-bond donors (Lipinski definition) is 1. The average Bonchev–Trinajstić information content (AvgIpc) is 2.59. The van der Waals surface area contributed by atoms with Gasteiger partial charge in [0.05, 0.1) is 0 Å². The van der Waals surface area contributed by atoms with Gasteiger partial charge in [-0.3, -0.25) is 4.79 Å². The summed E-state index contributed by atoms with van der Waals surface area (Å²) >= 11 is 0. The number of carbonyl (C=O) groups is 1. The first-order valence-electron chi connectivity index (χ1n) is 9.95. The molecule has 4 nitrogen and oxygen atoms in total. The number of unbranched alkanes of at least 4 members (excludes halogenated alkanes) is 4. The zero-order valence-electron chi connectivity index (χ0n) is 16.3. The quantitative estimate of drug-likeness (QED) is 0.190. The Hall–Kier alpha value is -1.13. The van der Waals surface area contributed by atoms with Crippen LogP contribution in [-0.2, 0) is 14.3 Å². The van der Waals surface area contributed by atoms with Crippen LogP contribution in [0.15, 0.2) is 24.3 Å². The van der Waals surface area contributed by atoms with E-state index in [1.165, 1.54) is 0 Å². The molecule has 0 fully saturated rings. The van der Waals surface area contributed by atoms with Gasteiger partial charge in [0.1, 0.15) is 0 Å². The Kier molecular flexibility index (Phi) is 18.3. The van der Waals surface area contributed by atoms with E-state index >= 15 is 0 Å². The van der Waals surface area contributed by atoms with E-state index in [1.54, 1.807) is 0 Å². The van der Waals surface area contributed by atoms with Crippen molar-refractivity contribution in [1.82, 2.24) is 0 Å². The molecular weight excluding hydrogens is 316 g/mol. The van der Waals surface area contributed by atoms with Crippen molar-refractivity contribution in [1.29, 1.82) is 0 Å². The number of carboxylic acids is 1. The molecule has 0 radical (unpaired) electrons. The summed E-state index contributed by atoms with van der Waals surface area (Å²) in [4.78, 5) is 10.7. The van der Waals surface area contributed by atoms with Crippen molar-refractivity contribution in [2.24, 2.45) is 0 Å². The van der Waals surface area contributed by atoms with Crippen LogP contribution < -0.4 is 0 Å². The van der Waals surface area contributed by atoms with Gasteiger partial charge in [0.25, 0.3) is 0 Å². The SMILES string of the molecule is CC/C=C\CCCCOC(CCCC(=O)O)OCCCC/C=C\CC. The molecule has 0 aliphatic heterocycles. The van der Waals surface area contributed by atoms with Gasteiger partial charge in [-0.05, 0) is 64.2 Å². The molecule has 0 aliphatic carbocycles. The van der Waals surface area contributed by atoms with Gasteiger partial charge in [0.2, 0.25) is 0 Å². The van der Waals surface area contributed by atoms with Gasteiger partial charge in [-0.25, -0.2) is 0 Å². The summed E-state index contributed by atoms with van der Waals surface area (Å²) in [7, 11) is 0. The molecule has 0 amide bonds. The van der Waals surface area contributed by atoms with Gasteiger partial charge in [0, 0.05) is 19.6 Å². The normalized spacial score (nSPS) is 12.0. The van der Waals surface area contributed by atoms with Gasteiger partial charge in [-0.1, -0.05) is 38.2 Å². The second-order valence-electron chi connectivity index (χ2n) is 6.21. The molecule has 25 heavy (non-hydrogen) atoms. The fourth-order valence-corrected chi connectivity index (χ4v) is 2.36. The van der Waals surface area contributed by atoms with E-state index in [2.05, 4.69) is 38.2 Å². The topological polar surface area (TPSA) is 55.8 Å². The van der Waals surface area contributed by atoms with Crippen molar-refractivity contribution >= 4 is 5.97 Å². The van der Waals surface area contributed by atoms with E-state index in [1.807, 2.05) is 0 Å². The lowest BCUT2D eigenvalue weighted by atomic mass is 10.2. The molecule has 0 saturated heterocycles. The Bertz CT molecular complexity index is 326. The number of carboxylic acid groups (broad SMARTS) is 1. The lowest BCUT2D eigenvalue weighted by molar-refractivity contribution is -0.150. The Morgan fingerprint density at radius 1 is 0.840 bits per heavy atom. The molecule has 0 bridgehead atoms. The van der Waals surface area contributed by atoms with Gasteiger partial charge >= 0.3 is 5.97 Å². The van der Waals surface area contributed by atoms with Crippen molar-refractivity contribution < 1.29 is 19.4 Å². The van der Waals surface area contributed by atoms with Crippen LogP contribution in [0, 0.1) is 0 Å². The lowest BCUT2D eigenvalue weighted by Gasteiger charge is -2.18. The third-order valence-corrected chi connectivity index (χ3v) is 3.77. The summed E-state index contributed by atoms with van der Waals surface area (Å²) in [5, 5.41) is 8.77. The van der Waals surface area contributed by atoms with Crippen LogP contribution >= 0.6 is 0 Å². The molecule has 0 aromatic carbocycles. The minimum absolute atomic E-state index is 0.173. The van der Waals surface area contributed by atoms with Crippen LogP contribution in [0.25, 0.3) is 0 Å². The maximum absolute atomic E-state index is 10.7. The molecule has 0 spiro atoms. The number of hydrogen-bond acceptors (Lipinski definition) is 3. The first-order valence-corrected chi connectivity index (χ1v) is 9.95. The average molecular weight is 355 g/mol. The predicted octanol–water partition coefficient (Wildman–Crippen LogP) is 5.87. The van der Waals surface area contributed by atoms with E-state index in [0.29, 0.717) is 26.1 Å². The second-order valence-corrected chi connectivity index (χ2v) is 6.21. The highest BCUT2D eigenvalue weighted by Crippen LogP contribution is 2.10. The number of ether oxygens (including phenoxy) is 2. The summed E-state index contributed by atoms with van der Waals surface area (Å²) in [6.07, 6.45) is 18.6. The number of rotatable bonds is 18. The number of allylic oxidation sites excluding steroid dienone is 4. The monoisotopic (exact) mass is 354 g/mol. The molecule has 0 aromatic heterocycles. The maximum Gasteiger partial charge on any atom is 0.303 e. The highest BCUT2D eigenvalue weighted by molar-refractivity contribution is 5.66. The lowest BCUT2D eigenvalue weighted by Crippen LogP contribution is -2.19. The van der Waals surface area contributed by atoms with Crippen molar-refractivity contribution in [2.75, 3.05) is 13.2 Å². The molecule has 0 aromatic rings. The van der Waals surface area contributed by atoms with Gasteiger partial charge in [-0.15, -0.1) is 0 Å². The van der Waals surface area contributed by atoms with E-state index < -0.39 is 5.97 Å². The minimum atomic E-state index is -0.760. The van der Waals surface area contributed by atoms with Crippen LogP contribution in [0.4, 0.5) is 0 Å². The van der Waals surface area contributed by atoms with E-state index in [4.69, 9.17) is 14.6 Å². The fraction of sp³-hybridized carbons (Fsp3) is 0.762. The molecule has 0 aliphatic rings. The van der Waals surface area contributed by atoms with Crippen molar-refractivity contribution in [3.8, 4) is 0 Å². The highest BCUT2D eigenvalue weighted by atomic mass is 16.7. The van der Waals surface area contributed by atoms with Gasteiger partial charge in [-0.2, -0.15) is 0 Å². The predicted molar refractivity (Wildman–Crippen MR) is 104 cm³/mol. The number of aliphatic carboxylic acids is 1. The largest absolute Gasteiger partial charge is 0.481 e. The summed E-state index contributed by atoms with van der Waals surface area (Å²) in [5.41, 5.74) is 0. The van der Waals surface area contributed by atoms with Crippen LogP contribution in [0.5, 0.6) is 0 Å². The summed E-state index contributed by atoms with van der Waals surface area (Å²) in [6, 6.07) is 0. The fourth-order valence-electron chi connectivity index (χ4n) is 2.36. The second kappa shape index (κ2) is 19.2. The van der Waals surface area contributed by atoms with Gasteiger partial charge in [0.15, 0.2) is 6.29 Å². The molecule has 0 atom stereocenters. The van der Waals surface area contributed by atoms with Crippen LogP contribution in [0.1, 0.15) is 84.5 Å². The van der Waals surface area contributed by atoms with E-state index in [-0.39, 0.29) is 12.7 Å². The Labute approximate surface area is 154 Å². The van der Waals surface area contributed by atoms with Crippen LogP contribution in [0.2, 0.25) is 0 Å². The van der Waals surface area contributed by atoms with E-state index in [9.17, 15) is 4.79 Å². The summed E-state index contributed by atoms with van der Waals surface area (Å²) in [5.74, 6) is -0.760. The van der Waals surface area contributed by atoms with Gasteiger partial charge < -0.3 is 14.6 Å². The molecule has 0 unspecified atom stereocenters. The molecule has 1 N–H and O–H groups in total. The Morgan fingerprint density at radius 2 is 1.36 bits per heavy atom. The molecule has 0 rings (SSSR count). The first kappa shape index (κ1) is 23.9. The van der Waals surface area contributed by atoms with Crippen LogP contribution in [0.3, 0.4) is 0 Å². The molecule has 146 valence electrons. The zero-order chi connectivity index (χ0) is 18.6. The van der Waals surface area contributed by atoms with Crippen LogP contribution in [-0.4, -0.2) is 30.6 Å². The highest BCUT2D eigenvalue weighted by Gasteiger charge is 2.10. The molecule has 4 heteroatoms. The Morgan fingerprint density at radius 3 is 1.80 bits per heavy atom. The standard InChI is InChI=1S/C21H38O4/c1-3-5-7-9-11-13-18-24-21(17-15-16-20(22)23)25-19-14-12-10-8-6-4-2/h5-8,21H,3-4,9-19H2,1-2H3,(H,22,23)/b7-5-,8-6-. The van der Waals surface area contributed by atoms with Crippen molar-refractivity contribution in [3.05, 3.63) is 24.3 Å². The molecule has 0 heterocycles. The van der Waals surface area contributed by atoms with Crippen molar-refractivity contribution in [2.45, 2.75) is 90.8 Å². The third kappa shape index (κ3) is 19.0. The zero-order valence-corrected chi connectivity index (χ0v) is 16.3. The summed E-state index contributed by atoms with van der Waals surface area (Å²) in [6.45, 7) is 5.63. The molecule has 0 saturated carbocycles. The minimum Gasteiger partial charge on any atom is -0.481 e. The third-order valence-electron chi connectivity index (χ3n) is 3.77.